The standard InChI is InChI=1S/C18H18BrN3O2/c19-14-5-3-13(4-6-14)18(9-10-18)16(23)21-11-12-1-7-15(8-2-12)22-17(20)24/h1-8H,9-11H2,(H,21,23)(H3,20,22,24). The smallest absolute Gasteiger partial charge is 0.316 e. The van der Waals surface area contributed by atoms with Gasteiger partial charge in [0.05, 0.1) is 5.41 Å². The van der Waals surface area contributed by atoms with E-state index in [0.717, 1.165) is 28.4 Å². The van der Waals surface area contributed by atoms with Crippen LogP contribution in [0.15, 0.2) is 53.0 Å². The molecule has 1 aliphatic carbocycles. The first-order valence-electron chi connectivity index (χ1n) is 7.69. The summed E-state index contributed by atoms with van der Waals surface area (Å²) >= 11 is 3.42. The summed E-state index contributed by atoms with van der Waals surface area (Å²) < 4.78 is 1.01. The summed E-state index contributed by atoms with van der Waals surface area (Å²) in [6.07, 6.45) is 1.75. The second-order valence-electron chi connectivity index (χ2n) is 5.96. The molecule has 2 aromatic carbocycles. The molecule has 0 bridgehead atoms. The van der Waals surface area contributed by atoms with Crippen LogP contribution in [0.25, 0.3) is 0 Å². The fourth-order valence-electron chi connectivity index (χ4n) is 2.74. The van der Waals surface area contributed by atoms with Crippen LogP contribution in [0.1, 0.15) is 24.0 Å². The zero-order chi connectivity index (χ0) is 17.2. The van der Waals surface area contributed by atoms with E-state index >= 15 is 0 Å². The van der Waals surface area contributed by atoms with Crippen molar-refractivity contribution in [1.82, 2.24) is 5.32 Å². The molecule has 0 heterocycles. The van der Waals surface area contributed by atoms with Gasteiger partial charge in [0.2, 0.25) is 5.91 Å². The lowest BCUT2D eigenvalue weighted by atomic mass is 9.95. The molecule has 0 spiro atoms. The van der Waals surface area contributed by atoms with Crippen molar-refractivity contribution in [2.24, 2.45) is 5.73 Å². The number of halogens is 1. The zero-order valence-corrected chi connectivity index (χ0v) is 14.6. The Morgan fingerprint density at radius 2 is 1.67 bits per heavy atom. The minimum atomic E-state index is -0.596. The van der Waals surface area contributed by atoms with Crippen LogP contribution < -0.4 is 16.4 Å². The third-order valence-electron chi connectivity index (χ3n) is 4.26. The van der Waals surface area contributed by atoms with E-state index in [1.54, 1.807) is 12.1 Å². The van der Waals surface area contributed by atoms with E-state index in [4.69, 9.17) is 5.73 Å². The highest BCUT2D eigenvalue weighted by molar-refractivity contribution is 9.10. The van der Waals surface area contributed by atoms with Gasteiger partial charge >= 0.3 is 6.03 Å². The van der Waals surface area contributed by atoms with Crippen molar-refractivity contribution in [3.05, 3.63) is 64.1 Å². The molecule has 0 aliphatic heterocycles. The molecule has 2 aromatic rings. The van der Waals surface area contributed by atoms with Crippen molar-refractivity contribution in [2.45, 2.75) is 24.8 Å². The van der Waals surface area contributed by atoms with E-state index in [1.165, 1.54) is 0 Å². The number of carbonyl (C=O) groups excluding carboxylic acids is 2. The van der Waals surface area contributed by atoms with Gasteiger partial charge in [0, 0.05) is 16.7 Å². The first-order valence-corrected chi connectivity index (χ1v) is 8.49. The maximum absolute atomic E-state index is 12.6. The number of urea groups is 1. The quantitative estimate of drug-likeness (QED) is 0.735. The van der Waals surface area contributed by atoms with Crippen LogP contribution >= 0.6 is 15.9 Å². The van der Waals surface area contributed by atoms with E-state index in [2.05, 4.69) is 26.6 Å². The van der Waals surface area contributed by atoms with Crippen molar-refractivity contribution >= 4 is 33.6 Å². The number of hydrogen-bond donors (Lipinski definition) is 3. The molecule has 0 saturated heterocycles. The molecule has 4 N–H and O–H groups in total. The molecule has 0 aromatic heterocycles. The van der Waals surface area contributed by atoms with Crippen LogP contribution in [-0.4, -0.2) is 11.9 Å². The molecule has 0 unspecified atom stereocenters. The highest BCUT2D eigenvalue weighted by Gasteiger charge is 2.50. The molecular weight excluding hydrogens is 370 g/mol. The van der Waals surface area contributed by atoms with Crippen LogP contribution in [0.5, 0.6) is 0 Å². The van der Waals surface area contributed by atoms with Gasteiger partial charge in [-0.1, -0.05) is 40.2 Å². The van der Waals surface area contributed by atoms with Crippen molar-refractivity contribution in [2.75, 3.05) is 5.32 Å². The molecule has 24 heavy (non-hydrogen) atoms. The number of nitrogens with two attached hydrogens (primary N) is 1. The Morgan fingerprint density at radius 3 is 2.21 bits per heavy atom. The molecule has 1 saturated carbocycles. The number of carbonyl (C=O) groups is 2. The van der Waals surface area contributed by atoms with E-state index in [1.807, 2.05) is 36.4 Å². The molecule has 1 aliphatic rings. The molecule has 3 amide bonds. The van der Waals surface area contributed by atoms with Gasteiger partial charge in [-0.3, -0.25) is 4.79 Å². The molecule has 6 heteroatoms. The normalized spacial score (nSPS) is 14.7. The number of anilines is 1. The Labute approximate surface area is 148 Å². The zero-order valence-electron chi connectivity index (χ0n) is 13.0. The molecule has 3 rings (SSSR count). The molecular formula is C18H18BrN3O2. The van der Waals surface area contributed by atoms with Crippen molar-refractivity contribution in [1.29, 1.82) is 0 Å². The predicted octanol–water partition coefficient (Wildman–Crippen LogP) is 3.29. The third kappa shape index (κ3) is 3.59. The minimum Gasteiger partial charge on any atom is -0.351 e. The van der Waals surface area contributed by atoms with Crippen LogP contribution in [0.3, 0.4) is 0 Å². The van der Waals surface area contributed by atoms with Crippen LogP contribution in [-0.2, 0) is 16.8 Å². The van der Waals surface area contributed by atoms with Gasteiger partial charge in [0.1, 0.15) is 0 Å². The van der Waals surface area contributed by atoms with Gasteiger partial charge in [-0.15, -0.1) is 0 Å². The maximum Gasteiger partial charge on any atom is 0.316 e. The average Bonchev–Trinajstić information content (AvgIpc) is 3.36. The molecule has 5 nitrogen and oxygen atoms in total. The van der Waals surface area contributed by atoms with Crippen molar-refractivity contribution in [3.8, 4) is 0 Å². The van der Waals surface area contributed by atoms with Crippen LogP contribution in [0.4, 0.5) is 10.5 Å². The number of primary amides is 1. The Morgan fingerprint density at radius 1 is 1.04 bits per heavy atom. The van der Waals surface area contributed by atoms with Gasteiger partial charge < -0.3 is 16.4 Å². The monoisotopic (exact) mass is 387 g/mol. The predicted molar refractivity (Wildman–Crippen MR) is 96.5 cm³/mol. The summed E-state index contributed by atoms with van der Waals surface area (Å²) in [5.41, 5.74) is 7.34. The van der Waals surface area contributed by atoms with Gasteiger partial charge in [-0.2, -0.15) is 0 Å². The van der Waals surface area contributed by atoms with Gasteiger partial charge in [0.25, 0.3) is 0 Å². The minimum absolute atomic E-state index is 0.0594. The highest BCUT2D eigenvalue weighted by Crippen LogP contribution is 2.48. The lowest BCUT2D eigenvalue weighted by molar-refractivity contribution is -0.123. The van der Waals surface area contributed by atoms with E-state index in [-0.39, 0.29) is 11.3 Å². The van der Waals surface area contributed by atoms with E-state index < -0.39 is 6.03 Å². The molecule has 0 radical (unpaired) electrons. The lowest BCUT2D eigenvalue weighted by Crippen LogP contribution is -2.34. The SMILES string of the molecule is NC(=O)Nc1ccc(CNC(=O)C2(c3ccc(Br)cc3)CC2)cc1. The molecule has 0 atom stereocenters. The topological polar surface area (TPSA) is 84.2 Å². The number of nitrogens with one attached hydrogen (secondary N) is 2. The highest BCUT2D eigenvalue weighted by atomic mass is 79.9. The summed E-state index contributed by atoms with van der Waals surface area (Å²) in [6.45, 7) is 0.452. The molecule has 124 valence electrons. The first-order chi connectivity index (χ1) is 11.5. The Balaban J connectivity index is 1.61. The first kappa shape index (κ1) is 16.5. The Kier molecular flexibility index (Phi) is 4.57. The van der Waals surface area contributed by atoms with Gasteiger partial charge in [0.15, 0.2) is 0 Å². The molecule has 1 fully saturated rings. The average molecular weight is 388 g/mol. The second kappa shape index (κ2) is 6.65. The second-order valence-corrected chi connectivity index (χ2v) is 6.87. The summed E-state index contributed by atoms with van der Waals surface area (Å²) in [7, 11) is 0. The fraction of sp³-hybridized carbons (Fsp3) is 0.222. The van der Waals surface area contributed by atoms with Crippen molar-refractivity contribution in [3.63, 3.8) is 0 Å². The third-order valence-corrected chi connectivity index (χ3v) is 4.78. The largest absolute Gasteiger partial charge is 0.351 e. The Hall–Kier alpha value is -2.34. The maximum atomic E-state index is 12.6. The summed E-state index contributed by atoms with van der Waals surface area (Å²) in [5, 5.41) is 5.52. The van der Waals surface area contributed by atoms with Crippen LogP contribution in [0.2, 0.25) is 0 Å². The summed E-state index contributed by atoms with van der Waals surface area (Å²) in [5.74, 6) is 0.0594. The number of benzene rings is 2. The summed E-state index contributed by atoms with van der Waals surface area (Å²) in [4.78, 5) is 23.4. The van der Waals surface area contributed by atoms with E-state index in [0.29, 0.717) is 12.2 Å². The number of hydrogen-bond acceptors (Lipinski definition) is 2. The fourth-order valence-corrected chi connectivity index (χ4v) is 3.00. The number of amides is 3. The number of rotatable bonds is 5. The van der Waals surface area contributed by atoms with Gasteiger partial charge in [-0.05, 0) is 48.2 Å². The van der Waals surface area contributed by atoms with Crippen molar-refractivity contribution < 1.29 is 9.59 Å². The summed E-state index contributed by atoms with van der Waals surface area (Å²) in [6, 6.07) is 14.6. The van der Waals surface area contributed by atoms with Gasteiger partial charge in [-0.25, -0.2) is 4.79 Å². The van der Waals surface area contributed by atoms with E-state index in [9.17, 15) is 9.59 Å². The van der Waals surface area contributed by atoms with Crippen LogP contribution in [0, 0.1) is 0 Å². The lowest BCUT2D eigenvalue weighted by Gasteiger charge is -2.16. The Bertz CT molecular complexity index is 753.